The van der Waals surface area contributed by atoms with E-state index in [0.29, 0.717) is 71.3 Å². The van der Waals surface area contributed by atoms with Crippen LogP contribution in [0.1, 0.15) is 182 Å². The predicted molar refractivity (Wildman–Crippen MR) is 486 cm³/mol. The molecule has 0 spiro atoms. The van der Waals surface area contributed by atoms with Gasteiger partial charge in [0.05, 0.1) is 78.0 Å². The number of nitrogens with zero attached hydrogens (tertiary/aromatic N) is 5. The Kier molecular flexibility index (Phi) is 32.5. The summed E-state index contributed by atoms with van der Waals surface area (Å²) in [4.78, 5) is 115. The van der Waals surface area contributed by atoms with Crippen LogP contribution < -0.4 is 40.9 Å². The average Bonchev–Trinajstić information content (AvgIpc) is 1.68. The van der Waals surface area contributed by atoms with Crippen LogP contribution in [0.2, 0.25) is 0 Å². The third kappa shape index (κ3) is 24.3. The Morgan fingerprint density at radius 2 is 0.613 bits per heavy atom. The molecule has 770 valence electrons. The molecule has 5 fully saturated rings. The van der Waals surface area contributed by atoms with Crippen molar-refractivity contribution >= 4 is 92.8 Å². The number of halogens is 24. The standard InChI is InChI=1S/C28H31F6N3O2.C25H26F6N2O2.2C24H24F6N2O2/c1-16-7-5-8-17(2)23(16)37-15-26(18(3)24(37)38,14-36(4)22-9-6-10-22)25(39)35-21-12-19(27(29,30)31)11-20(13-21)28(32,33)34;1-14(2)11-23(12-20(34)33(13-23)21-15(3)6-5-7-16(21)4)22(35)32-19-9-17(24(26,27)28)8-18(10-19)25(29,30)31;1-13(2)22(11-19(33)32(12-22)20-14(3)6-5-7-15(20)4)21(34)31-18-9-16(23(25,26)27)8-17(10-18)24(28,29)30;1-5-22(12-32(20(33)15(22)4)19-13(2)7-6-8-14(19)3)21(34)31-18-10-16(23(25,26)27)9-17(11-18)24(28,29)30/h5,7-8,11-13,18,22H,6,9-10,14-15H2,1-4H3,(H,35,39);5-10,14H,11-13H2,1-4H3,(H,32,35);5-10,13H,11-12H2,1-4H3,(H,31,34);6-11,15H,5,12H2,1-4H3,(H,31,34)/t18-,26-;;;15-,22?/m1..1/s1. The van der Waals surface area contributed by atoms with Crippen molar-refractivity contribution in [3.63, 3.8) is 0 Å². The molecule has 6 atom stereocenters. The van der Waals surface area contributed by atoms with E-state index >= 15 is 0 Å². The molecule has 1 aliphatic carbocycles. The number of carbonyl (C=O) groups is 8. The summed E-state index contributed by atoms with van der Waals surface area (Å²) in [5.74, 6) is -6.78. The third-order valence-electron chi connectivity index (χ3n) is 27.1. The molecule has 1 saturated carbocycles. The van der Waals surface area contributed by atoms with Crippen molar-refractivity contribution in [2.75, 3.05) is 80.6 Å². The van der Waals surface area contributed by atoms with Crippen LogP contribution in [0.4, 0.5) is 151 Å². The summed E-state index contributed by atoms with van der Waals surface area (Å²) < 4.78 is 319. The van der Waals surface area contributed by atoms with E-state index in [2.05, 4.69) is 21.3 Å². The number of alkyl halides is 24. The van der Waals surface area contributed by atoms with Gasteiger partial charge in [-0.2, -0.15) is 105 Å². The molecule has 0 aromatic heterocycles. The number of para-hydroxylation sites is 4. The molecule has 5 aliphatic rings. The SMILES string of the molecule is CCC1(C(=O)Nc2cc(C(F)(F)F)cc(C(F)(F)F)c2)CN(c2c(C)cccc2C)C(=O)[C@H]1C.Cc1cccc(C)c1N1CC(C(=O)Nc2cc(C(F)(F)F)cc(C(F)(F)F)c2)(C(C)C)CC1=O.Cc1cccc(C)c1N1CC(CC(C)C)(C(=O)Nc2cc(C(F)(F)F)cc(C(F)(F)F)c2)CC1=O.Cc1cccc(C)c1N1C[C@@](CN(C)C2CCC2)(C(=O)Nc2cc(C(F)(F)F)cc(C(F)(F)F)c2)[C@H](C)C1=O. The van der Waals surface area contributed by atoms with Gasteiger partial charge in [0.2, 0.25) is 47.3 Å². The normalized spacial score (nSPS) is 20.5. The lowest BCUT2D eigenvalue weighted by atomic mass is 9.75. The molecular formula is C101H105F24N9O8. The number of benzene rings is 8. The number of aryl methyl sites for hydroxylation is 8. The third-order valence-corrected chi connectivity index (χ3v) is 27.1. The Morgan fingerprint density at radius 3 is 0.880 bits per heavy atom. The van der Waals surface area contributed by atoms with Crippen LogP contribution in [0.3, 0.4) is 0 Å². The van der Waals surface area contributed by atoms with E-state index in [-0.39, 0.29) is 118 Å². The first-order valence-electron chi connectivity index (χ1n) is 44.9. The molecule has 0 bridgehead atoms. The number of anilines is 8. The van der Waals surface area contributed by atoms with Crippen molar-refractivity contribution in [3.8, 4) is 0 Å². The minimum Gasteiger partial charge on any atom is -0.326 e. The number of hydrogen-bond acceptors (Lipinski definition) is 9. The van der Waals surface area contributed by atoms with Crippen LogP contribution in [-0.2, 0) is 87.8 Å². The van der Waals surface area contributed by atoms with Crippen molar-refractivity contribution in [1.29, 1.82) is 0 Å². The fourth-order valence-electron chi connectivity index (χ4n) is 19.1. The van der Waals surface area contributed by atoms with Gasteiger partial charge in [-0.25, -0.2) is 0 Å². The van der Waals surface area contributed by atoms with Gasteiger partial charge < -0.3 is 45.8 Å². The van der Waals surface area contributed by atoms with Gasteiger partial charge in [0, 0.05) is 97.1 Å². The lowest BCUT2D eigenvalue weighted by Crippen LogP contribution is -2.53. The molecule has 4 N–H and O–H groups in total. The maximum atomic E-state index is 13.9. The quantitative estimate of drug-likeness (QED) is 0.0569. The van der Waals surface area contributed by atoms with Gasteiger partial charge in [0.1, 0.15) is 0 Å². The Hall–Kier alpha value is -12.2. The summed E-state index contributed by atoms with van der Waals surface area (Å²) in [6, 6.07) is 25.8. The molecule has 4 aliphatic heterocycles. The van der Waals surface area contributed by atoms with Gasteiger partial charge in [0.25, 0.3) is 0 Å². The van der Waals surface area contributed by atoms with Crippen LogP contribution >= 0.6 is 0 Å². The van der Waals surface area contributed by atoms with Crippen LogP contribution in [0.25, 0.3) is 0 Å². The molecule has 4 heterocycles. The van der Waals surface area contributed by atoms with E-state index in [1.807, 2.05) is 154 Å². The Bertz CT molecular complexity index is 5820. The van der Waals surface area contributed by atoms with Crippen molar-refractivity contribution in [1.82, 2.24) is 4.90 Å². The molecular weight excluding hydrogens is 1920 g/mol. The smallest absolute Gasteiger partial charge is 0.326 e. The second-order valence-electron chi connectivity index (χ2n) is 37.9. The van der Waals surface area contributed by atoms with Crippen LogP contribution in [0.15, 0.2) is 146 Å². The van der Waals surface area contributed by atoms with Crippen LogP contribution in [0.5, 0.6) is 0 Å². The minimum absolute atomic E-state index is 0.00132. The molecule has 13 rings (SSSR count). The number of nitrogens with one attached hydrogen (secondary N) is 4. The van der Waals surface area contributed by atoms with E-state index in [1.54, 1.807) is 34.6 Å². The summed E-state index contributed by atoms with van der Waals surface area (Å²) in [5, 5.41) is 9.07. The fourth-order valence-corrected chi connectivity index (χ4v) is 19.1. The molecule has 17 nitrogen and oxygen atoms in total. The molecule has 0 radical (unpaired) electrons. The fraction of sp³-hybridized carbons (Fsp3) is 0.446. The first-order chi connectivity index (χ1) is 65.2. The van der Waals surface area contributed by atoms with Gasteiger partial charge in [-0.3, -0.25) is 38.4 Å². The van der Waals surface area contributed by atoms with Crippen molar-refractivity contribution < 1.29 is 144 Å². The molecule has 142 heavy (non-hydrogen) atoms. The number of rotatable bonds is 19. The monoisotopic (exact) mass is 2030 g/mol. The summed E-state index contributed by atoms with van der Waals surface area (Å²) in [5.41, 5.74) is -11.2. The van der Waals surface area contributed by atoms with Crippen molar-refractivity contribution in [2.45, 2.75) is 204 Å². The summed E-state index contributed by atoms with van der Waals surface area (Å²) >= 11 is 0. The second-order valence-corrected chi connectivity index (χ2v) is 37.9. The molecule has 8 aromatic carbocycles. The van der Waals surface area contributed by atoms with Crippen LogP contribution in [-0.4, -0.2) is 98.0 Å². The summed E-state index contributed by atoms with van der Waals surface area (Å²) in [7, 11) is 1.82. The van der Waals surface area contributed by atoms with E-state index < -0.39 is 180 Å². The molecule has 8 amide bonds. The zero-order valence-corrected chi connectivity index (χ0v) is 79.8. The zero-order valence-electron chi connectivity index (χ0n) is 79.8. The summed E-state index contributed by atoms with van der Waals surface area (Å²) in [6.45, 7) is 26.3. The molecule has 8 aromatic rings. The van der Waals surface area contributed by atoms with Gasteiger partial charge in [-0.05, 0) is 217 Å². The summed E-state index contributed by atoms with van der Waals surface area (Å²) in [6.07, 6.45) is -37.6. The molecule has 4 saturated heterocycles. The van der Waals surface area contributed by atoms with Gasteiger partial charge in [-0.15, -0.1) is 0 Å². The number of amides is 8. The van der Waals surface area contributed by atoms with Crippen LogP contribution in [0, 0.1) is 101 Å². The van der Waals surface area contributed by atoms with Gasteiger partial charge in [-0.1, -0.05) is 128 Å². The molecule has 41 heteroatoms. The first kappa shape index (κ1) is 112. The zero-order chi connectivity index (χ0) is 107. The molecule has 3 unspecified atom stereocenters. The highest BCUT2D eigenvalue weighted by Gasteiger charge is 2.60. The maximum Gasteiger partial charge on any atom is 0.416 e. The highest BCUT2D eigenvalue weighted by Crippen LogP contribution is 2.52. The van der Waals surface area contributed by atoms with Crippen molar-refractivity contribution in [3.05, 3.63) is 235 Å². The predicted octanol–water partition coefficient (Wildman–Crippen LogP) is 25.9. The lowest BCUT2D eigenvalue weighted by Gasteiger charge is -2.41. The number of carbonyl (C=O) groups excluding carboxylic acids is 8. The highest BCUT2D eigenvalue weighted by molar-refractivity contribution is 6.11. The van der Waals surface area contributed by atoms with E-state index in [1.165, 1.54) is 19.6 Å². The Morgan fingerprint density at radius 1 is 0.359 bits per heavy atom. The van der Waals surface area contributed by atoms with E-state index in [0.717, 1.165) is 63.8 Å². The maximum absolute atomic E-state index is 13.9. The Labute approximate surface area is 802 Å². The average molecular weight is 2030 g/mol. The Balaban J connectivity index is 0.000000195. The van der Waals surface area contributed by atoms with Gasteiger partial charge in [0.15, 0.2) is 0 Å². The van der Waals surface area contributed by atoms with E-state index in [9.17, 15) is 144 Å². The first-order valence-corrected chi connectivity index (χ1v) is 44.9. The second kappa shape index (κ2) is 41.3. The number of hydrogen-bond donors (Lipinski definition) is 4. The van der Waals surface area contributed by atoms with Gasteiger partial charge >= 0.3 is 49.4 Å². The van der Waals surface area contributed by atoms with Crippen molar-refractivity contribution in [2.24, 2.45) is 45.3 Å². The highest BCUT2D eigenvalue weighted by atomic mass is 19.4. The topological polar surface area (TPSA) is 201 Å². The van der Waals surface area contributed by atoms with E-state index in [4.69, 9.17) is 0 Å². The minimum atomic E-state index is -5.06. The lowest BCUT2D eigenvalue weighted by molar-refractivity contribution is -0.144. The largest absolute Gasteiger partial charge is 0.416 e.